The smallest absolute Gasteiger partial charge is 0.338 e. The third-order valence-corrected chi connectivity index (χ3v) is 6.77. The molecule has 0 aliphatic carbocycles. The molecule has 0 saturated carbocycles. The Morgan fingerprint density at radius 2 is 1.82 bits per heavy atom. The zero-order chi connectivity index (χ0) is 24.2. The maximum Gasteiger partial charge on any atom is 0.338 e. The second-order valence-electron chi connectivity index (χ2n) is 6.97. The van der Waals surface area contributed by atoms with Crippen LogP contribution in [0.3, 0.4) is 0 Å². The summed E-state index contributed by atoms with van der Waals surface area (Å²) in [5.41, 5.74) is 0.404. The van der Waals surface area contributed by atoms with Gasteiger partial charge in [-0.1, -0.05) is 23.7 Å². The molecule has 0 unspecified atom stereocenters. The molecule has 2 amide bonds. The summed E-state index contributed by atoms with van der Waals surface area (Å²) in [5, 5.41) is 5.28. The van der Waals surface area contributed by atoms with Crippen molar-refractivity contribution in [3.8, 4) is 11.5 Å². The molecule has 0 bridgehead atoms. The van der Waals surface area contributed by atoms with Crippen LogP contribution in [0, 0.1) is 0 Å². The highest BCUT2D eigenvalue weighted by Gasteiger charge is 2.36. The summed E-state index contributed by atoms with van der Waals surface area (Å²) in [6.07, 6.45) is 0. The van der Waals surface area contributed by atoms with Crippen LogP contribution in [0.25, 0.3) is 0 Å². The van der Waals surface area contributed by atoms with Crippen molar-refractivity contribution in [2.75, 3.05) is 26.6 Å². The van der Waals surface area contributed by atoms with E-state index in [-0.39, 0.29) is 26.9 Å². The molecule has 0 fully saturated rings. The van der Waals surface area contributed by atoms with E-state index < -0.39 is 33.6 Å². The number of benzene rings is 2. The van der Waals surface area contributed by atoms with Crippen LogP contribution >= 0.6 is 11.6 Å². The first-order valence-electron chi connectivity index (χ1n) is 9.88. The Morgan fingerprint density at radius 1 is 1.12 bits per heavy atom. The molecule has 0 aromatic heterocycles. The van der Waals surface area contributed by atoms with Gasteiger partial charge in [0.2, 0.25) is 0 Å². The summed E-state index contributed by atoms with van der Waals surface area (Å²) in [4.78, 5) is 24.9. The van der Waals surface area contributed by atoms with Crippen LogP contribution in [0.5, 0.6) is 11.5 Å². The van der Waals surface area contributed by atoms with E-state index in [1.54, 1.807) is 24.3 Å². The molecule has 2 aromatic rings. The maximum absolute atomic E-state index is 13.2. The fraction of sp³-hybridized carbons (Fsp3) is 0.273. The summed E-state index contributed by atoms with van der Waals surface area (Å²) in [5.74, 6) is -0.775. The third-order valence-electron chi connectivity index (χ3n) is 4.88. The van der Waals surface area contributed by atoms with E-state index in [0.29, 0.717) is 17.9 Å². The summed E-state index contributed by atoms with van der Waals surface area (Å²) < 4.78 is 42.0. The predicted octanol–water partition coefficient (Wildman–Crippen LogP) is 3.00. The van der Waals surface area contributed by atoms with Gasteiger partial charge in [-0.05, 0) is 42.8 Å². The number of ether oxygens (including phenoxy) is 3. The molecule has 11 heteroatoms. The number of esters is 1. The summed E-state index contributed by atoms with van der Waals surface area (Å²) in [7, 11) is -1.58. The number of amides is 2. The van der Waals surface area contributed by atoms with Gasteiger partial charge in [0.05, 0.1) is 38.2 Å². The lowest BCUT2D eigenvalue weighted by atomic mass is 9.95. The van der Waals surface area contributed by atoms with E-state index in [1.807, 2.05) is 6.92 Å². The average Bonchev–Trinajstić information content (AvgIpc) is 2.78. The van der Waals surface area contributed by atoms with Gasteiger partial charge in [0, 0.05) is 10.7 Å². The SMILES string of the molecule is CCOc1ccc([C@H]2NC(=O)NC(CS(=O)(=O)c3cc(Cl)ccc3OC)=C2C(=O)OC)cc1. The van der Waals surface area contributed by atoms with Crippen LogP contribution in [0.2, 0.25) is 5.02 Å². The van der Waals surface area contributed by atoms with E-state index in [9.17, 15) is 18.0 Å². The van der Waals surface area contributed by atoms with E-state index in [4.69, 9.17) is 25.8 Å². The van der Waals surface area contributed by atoms with Crippen molar-refractivity contribution in [2.24, 2.45) is 0 Å². The number of urea groups is 1. The summed E-state index contributed by atoms with van der Waals surface area (Å²) in [6.45, 7) is 2.33. The molecule has 1 heterocycles. The van der Waals surface area contributed by atoms with Gasteiger partial charge in [0.1, 0.15) is 16.4 Å². The molecule has 9 nitrogen and oxygen atoms in total. The molecule has 3 rings (SSSR count). The van der Waals surface area contributed by atoms with Crippen molar-refractivity contribution in [3.63, 3.8) is 0 Å². The second-order valence-corrected chi connectivity index (χ2v) is 9.37. The number of halogens is 1. The number of methoxy groups -OCH3 is 2. The molecule has 2 N–H and O–H groups in total. The van der Waals surface area contributed by atoms with Crippen molar-refractivity contribution in [3.05, 3.63) is 64.3 Å². The summed E-state index contributed by atoms with van der Waals surface area (Å²) in [6, 6.07) is 9.30. The lowest BCUT2D eigenvalue weighted by molar-refractivity contribution is -0.136. The van der Waals surface area contributed by atoms with Gasteiger partial charge in [-0.25, -0.2) is 18.0 Å². The molecule has 0 spiro atoms. The minimum atomic E-state index is -4.08. The highest BCUT2D eigenvalue weighted by molar-refractivity contribution is 7.91. The van der Waals surface area contributed by atoms with Gasteiger partial charge in [-0.2, -0.15) is 0 Å². The molecule has 33 heavy (non-hydrogen) atoms. The van der Waals surface area contributed by atoms with E-state index in [2.05, 4.69) is 10.6 Å². The van der Waals surface area contributed by atoms with E-state index >= 15 is 0 Å². The molecule has 0 radical (unpaired) electrons. The van der Waals surface area contributed by atoms with E-state index in [1.165, 1.54) is 32.4 Å². The fourth-order valence-corrected chi connectivity index (χ4v) is 5.18. The zero-order valence-electron chi connectivity index (χ0n) is 18.2. The largest absolute Gasteiger partial charge is 0.495 e. The van der Waals surface area contributed by atoms with Crippen LogP contribution in [0.4, 0.5) is 4.79 Å². The van der Waals surface area contributed by atoms with Gasteiger partial charge in [-0.3, -0.25) is 0 Å². The number of hydrogen-bond donors (Lipinski definition) is 2. The number of carbonyl (C=O) groups is 2. The molecular formula is C22H23ClN2O7S. The number of rotatable bonds is 8. The van der Waals surface area contributed by atoms with Crippen molar-refractivity contribution in [2.45, 2.75) is 17.9 Å². The normalized spacial score (nSPS) is 16.0. The third kappa shape index (κ3) is 5.40. The van der Waals surface area contributed by atoms with Gasteiger partial charge in [0.15, 0.2) is 9.84 Å². The van der Waals surface area contributed by atoms with Crippen LogP contribution in [0.1, 0.15) is 18.5 Å². The average molecular weight is 495 g/mol. The monoisotopic (exact) mass is 494 g/mol. The lowest BCUT2D eigenvalue weighted by Crippen LogP contribution is -2.47. The standard InChI is InChI=1S/C22H23ClN2O7S/c1-4-32-15-8-5-13(6-9-15)20-19(21(26)31-3)16(24-22(27)25-20)12-33(28,29)18-11-14(23)7-10-17(18)30-2/h5-11,20H,4,12H2,1-3H3,(H2,24,25,27)/t20-/m1/s1. The Hall–Kier alpha value is -3.24. The van der Waals surface area contributed by atoms with Gasteiger partial charge in [0.25, 0.3) is 0 Å². The molecule has 1 atom stereocenters. The Kier molecular flexibility index (Phi) is 7.50. The maximum atomic E-state index is 13.2. The van der Waals surface area contributed by atoms with Gasteiger partial charge >= 0.3 is 12.0 Å². The zero-order valence-corrected chi connectivity index (χ0v) is 19.7. The van der Waals surface area contributed by atoms with Gasteiger partial charge in [-0.15, -0.1) is 0 Å². The van der Waals surface area contributed by atoms with Crippen LogP contribution in [0.15, 0.2) is 58.6 Å². The first-order valence-corrected chi connectivity index (χ1v) is 11.9. The Morgan fingerprint density at radius 3 is 2.42 bits per heavy atom. The molecule has 1 aliphatic heterocycles. The van der Waals surface area contributed by atoms with Gasteiger partial charge < -0.3 is 24.8 Å². The first-order chi connectivity index (χ1) is 15.7. The molecule has 176 valence electrons. The molecular weight excluding hydrogens is 472 g/mol. The molecule has 0 saturated heterocycles. The highest BCUT2D eigenvalue weighted by atomic mass is 35.5. The Balaban J connectivity index is 2.09. The number of nitrogens with one attached hydrogen (secondary N) is 2. The topological polar surface area (TPSA) is 120 Å². The van der Waals surface area contributed by atoms with Crippen LogP contribution in [-0.4, -0.2) is 47.0 Å². The fourth-order valence-electron chi connectivity index (χ4n) is 3.42. The van der Waals surface area contributed by atoms with Crippen molar-refractivity contribution in [1.82, 2.24) is 10.6 Å². The number of hydrogen-bond acceptors (Lipinski definition) is 7. The van der Waals surface area contributed by atoms with E-state index in [0.717, 1.165) is 0 Å². The first kappa shape index (κ1) is 24.4. The van der Waals surface area contributed by atoms with Crippen LogP contribution < -0.4 is 20.1 Å². The Labute approximate surface area is 196 Å². The van der Waals surface area contributed by atoms with Crippen molar-refractivity contribution in [1.29, 1.82) is 0 Å². The number of sulfone groups is 1. The minimum Gasteiger partial charge on any atom is -0.495 e. The van der Waals surface area contributed by atoms with Crippen molar-refractivity contribution < 1.29 is 32.2 Å². The Bertz CT molecular complexity index is 1190. The lowest BCUT2D eigenvalue weighted by Gasteiger charge is -2.29. The van der Waals surface area contributed by atoms with Crippen molar-refractivity contribution >= 4 is 33.4 Å². The second kappa shape index (κ2) is 10.1. The quantitative estimate of drug-likeness (QED) is 0.541. The highest BCUT2D eigenvalue weighted by Crippen LogP contribution is 2.33. The minimum absolute atomic E-state index is 0.0363. The number of carbonyl (C=O) groups excluding carboxylic acids is 2. The summed E-state index contributed by atoms with van der Waals surface area (Å²) >= 11 is 5.99. The van der Waals surface area contributed by atoms with Crippen LogP contribution in [-0.2, 0) is 19.4 Å². The molecule has 2 aromatic carbocycles. The predicted molar refractivity (Wildman–Crippen MR) is 121 cm³/mol. The molecule has 1 aliphatic rings.